The topological polar surface area (TPSA) is 26.0 Å². The predicted molar refractivity (Wildman–Crippen MR) is 65.5 cm³/mol. The first-order chi connectivity index (χ1) is 7.74. The van der Waals surface area contributed by atoms with Crippen molar-refractivity contribution < 1.29 is 8.81 Å². The predicted octanol–water partition coefficient (Wildman–Crippen LogP) is 3.92. The molecule has 1 heterocycles. The van der Waals surface area contributed by atoms with Crippen LogP contribution >= 0.6 is 23.5 Å². The van der Waals surface area contributed by atoms with Gasteiger partial charge >= 0.3 is 0 Å². The van der Waals surface area contributed by atoms with Gasteiger partial charge in [-0.25, -0.2) is 9.37 Å². The molecule has 16 heavy (non-hydrogen) atoms. The Morgan fingerprint density at radius 2 is 1.81 bits per heavy atom. The molecule has 0 saturated carbocycles. The van der Waals surface area contributed by atoms with Crippen LogP contribution in [0.3, 0.4) is 0 Å². The minimum absolute atomic E-state index is 0.259. The Morgan fingerprint density at radius 1 is 1.12 bits per heavy atom. The van der Waals surface area contributed by atoms with Crippen LogP contribution in [0.25, 0.3) is 11.5 Å². The molecule has 0 fully saturated rings. The molecule has 1 aromatic carbocycles. The first-order valence-corrected chi connectivity index (χ1v) is 7.04. The molecular weight excluding hydrogens is 245 g/mol. The van der Waals surface area contributed by atoms with E-state index in [1.54, 1.807) is 12.1 Å². The van der Waals surface area contributed by atoms with E-state index in [0.717, 1.165) is 15.7 Å². The number of halogens is 1. The molecule has 0 aliphatic heterocycles. The molecule has 0 radical (unpaired) electrons. The van der Waals surface area contributed by atoms with Gasteiger partial charge in [-0.2, -0.15) is 0 Å². The molecule has 1 aromatic heterocycles. The molecule has 0 N–H and O–H groups in total. The third-order valence-electron chi connectivity index (χ3n) is 2.04. The third kappa shape index (κ3) is 2.25. The van der Waals surface area contributed by atoms with Gasteiger partial charge in [-0.15, -0.1) is 11.8 Å². The largest absolute Gasteiger partial charge is 0.429 e. The third-order valence-corrected chi connectivity index (χ3v) is 3.48. The van der Waals surface area contributed by atoms with Crippen LogP contribution in [0.5, 0.6) is 0 Å². The van der Waals surface area contributed by atoms with Crippen molar-refractivity contribution in [1.29, 1.82) is 0 Å². The Hall–Kier alpha value is -0.940. The second kappa shape index (κ2) is 4.93. The molecule has 2 rings (SSSR count). The van der Waals surface area contributed by atoms with Gasteiger partial charge in [-0.05, 0) is 36.8 Å². The Morgan fingerprint density at radius 3 is 2.31 bits per heavy atom. The average molecular weight is 255 g/mol. The zero-order chi connectivity index (χ0) is 11.5. The van der Waals surface area contributed by atoms with Crippen LogP contribution in [-0.4, -0.2) is 17.5 Å². The number of oxazole rings is 1. The highest BCUT2D eigenvalue weighted by atomic mass is 32.2. The van der Waals surface area contributed by atoms with E-state index in [2.05, 4.69) is 4.98 Å². The van der Waals surface area contributed by atoms with Crippen molar-refractivity contribution in [2.24, 2.45) is 0 Å². The molecule has 0 aliphatic carbocycles. The normalized spacial score (nSPS) is 10.7. The van der Waals surface area contributed by atoms with Gasteiger partial charge in [0.2, 0.25) is 5.89 Å². The molecule has 0 bridgehead atoms. The number of rotatable bonds is 3. The number of thioether (sulfide) groups is 2. The summed E-state index contributed by atoms with van der Waals surface area (Å²) < 4.78 is 18.3. The lowest BCUT2D eigenvalue weighted by Crippen LogP contribution is -1.78. The summed E-state index contributed by atoms with van der Waals surface area (Å²) in [6, 6.07) is 6.12. The van der Waals surface area contributed by atoms with Gasteiger partial charge in [0.15, 0.2) is 5.09 Å². The number of nitrogens with zero attached hydrogens (tertiary/aromatic N) is 1. The van der Waals surface area contributed by atoms with E-state index in [-0.39, 0.29) is 5.82 Å². The van der Waals surface area contributed by atoms with Crippen molar-refractivity contribution in [3.8, 4) is 11.5 Å². The molecule has 0 spiro atoms. The minimum atomic E-state index is -0.259. The molecule has 2 nitrogen and oxygen atoms in total. The van der Waals surface area contributed by atoms with Crippen molar-refractivity contribution in [1.82, 2.24) is 4.98 Å². The maximum Gasteiger partial charge on any atom is 0.228 e. The van der Waals surface area contributed by atoms with Gasteiger partial charge < -0.3 is 4.42 Å². The van der Waals surface area contributed by atoms with Gasteiger partial charge in [0.1, 0.15) is 10.8 Å². The second-order valence-electron chi connectivity index (χ2n) is 3.03. The van der Waals surface area contributed by atoms with Gasteiger partial charge in [0.05, 0.1) is 0 Å². The number of hydrogen-bond donors (Lipinski definition) is 0. The van der Waals surface area contributed by atoms with Crippen LogP contribution in [0.4, 0.5) is 4.39 Å². The van der Waals surface area contributed by atoms with Gasteiger partial charge in [-0.3, -0.25) is 0 Å². The van der Waals surface area contributed by atoms with E-state index >= 15 is 0 Å². The smallest absolute Gasteiger partial charge is 0.228 e. The van der Waals surface area contributed by atoms with Crippen molar-refractivity contribution in [3.05, 3.63) is 30.1 Å². The SMILES string of the molecule is CSc1nc(-c2ccc(F)cc2)oc1SC. The molecule has 0 aliphatic rings. The summed E-state index contributed by atoms with van der Waals surface area (Å²) in [6.07, 6.45) is 3.89. The summed E-state index contributed by atoms with van der Waals surface area (Å²) in [4.78, 5) is 4.35. The molecule has 0 unspecified atom stereocenters. The molecule has 0 atom stereocenters. The lowest BCUT2D eigenvalue weighted by molar-refractivity contribution is 0.474. The van der Waals surface area contributed by atoms with E-state index in [4.69, 9.17) is 4.42 Å². The summed E-state index contributed by atoms with van der Waals surface area (Å²) in [5, 5.41) is 1.67. The fourth-order valence-electron chi connectivity index (χ4n) is 1.27. The fourth-order valence-corrected chi connectivity index (χ4v) is 2.53. The first kappa shape index (κ1) is 11.5. The first-order valence-electron chi connectivity index (χ1n) is 4.59. The van der Waals surface area contributed by atoms with Crippen molar-refractivity contribution in [2.75, 3.05) is 12.5 Å². The fraction of sp³-hybridized carbons (Fsp3) is 0.182. The van der Waals surface area contributed by atoms with Gasteiger partial charge in [-0.1, -0.05) is 11.8 Å². The molecule has 84 valence electrons. The zero-order valence-electron chi connectivity index (χ0n) is 8.86. The molecule has 0 saturated heterocycles. The van der Waals surface area contributed by atoms with E-state index in [9.17, 15) is 4.39 Å². The highest BCUT2D eigenvalue weighted by molar-refractivity contribution is 8.01. The minimum Gasteiger partial charge on any atom is -0.429 e. The van der Waals surface area contributed by atoms with Crippen LogP contribution in [0.2, 0.25) is 0 Å². The van der Waals surface area contributed by atoms with Crippen molar-refractivity contribution in [3.63, 3.8) is 0 Å². The second-order valence-corrected chi connectivity index (χ2v) is 4.60. The summed E-state index contributed by atoms with van der Waals surface area (Å²) in [7, 11) is 0. The monoisotopic (exact) mass is 255 g/mol. The molecular formula is C11H10FNOS2. The van der Waals surface area contributed by atoms with Crippen LogP contribution in [0.15, 0.2) is 38.8 Å². The highest BCUT2D eigenvalue weighted by Gasteiger charge is 2.12. The average Bonchev–Trinajstić information content (AvgIpc) is 2.73. The highest BCUT2D eigenvalue weighted by Crippen LogP contribution is 2.32. The Labute approximate surface area is 102 Å². The summed E-state index contributed by atoms with van der Waals surface area (Å²) in [5.41, 5.74) is 0.789. The quantitative estimate of drug-likeness (QED) is 0.776. The molecule has 0 amide bonds. The van der Waals surface area contributed by atoms with E-state index in [1.165, 1.54) is 35.7 Å². The summed E-state index contributed by atoms with van der Waals surface area (Å²) in [5.74, 6) is 0.277. The maximum absolute atomic E-state index is 12.8. The Balaban J connectivity index is 2.40. The van der Waals surface area contributed by atoms with Gasteiger partial charge in [0.25, 0.3) is 0 Å². The van der Waals surface area contributed by atoms with Crippen LogP contribution in [0.1, 0.15) is 0 Å². The summed E-state index contributed by atoms with van der Waals surface area (Å²) >= 11 is 3.05. The lowest BCUT2D eigenvalue weighted by atomic mass is 10.2. The van der Waals surface area contributed by atoms with Gasteiger partial charge in [0, 0.05) is 5.56 Å². The van der Waals surface area contributed by atoms with Crippen molar-refractivity contribution in [2.45, 2.75) is 10.1 Å². The number of hydrogen-bond acceptors (Lipinski definition) is 4. The maximum atomic E-state index is 12.8. The standard InChI is InChI=1S/C11H10FNOS2/c1-15-10-11(16-2)14-9(13-10)7-3-5-8(12)6-4-7/h3-6H,1-2H3. The summed E-state index contributed by atoms with van der Waals surface area (Å²) in [6.45, 7) is 0. The van der Waals surface area contributed by atoms with E-state index in [0.29, 0.717) is 5.89 Å². The van der Waals surface area contributed by atoms with Crippen molar-refractivity contribution >= 4 is 23.5 Å². The van der Waals surface area contributed by atoms with E-state index < -0.39 is 0 Å². The molecule has 5 heteroatoms. The van der Waals surface area contributed by atoms with Crippen LogP contribution in [0, 0.1) is 5.82 Å². The van der Waals surface area contributed by atoms with Crippen LogP contribution in [-0.2, 0) is 0 Å². The number of aromatic nitrogens is 1. The number of benzene rings is 1. The Kier molecular flexibility index (Phi) is 3.56. The lowest BCUT2D eigenvalue weighted by Gasteiger charge is -1.93. The zero-order valence-corrected chi connectivity index (χ0v) is 10.5. The Bertz CT molecular complexity index is 460. The van der Waals surface area contributed by atoms with E-state index in [1.807, 2.05) is 12.5 Å². The van der Waals surface area contributed by atoms with Crippen LogP contribution < -0.4 is 0 Å². The molecule has 2 aromatic rings.